The monoisotopic (exact) mass is 275 g/mol. The predicted molar refractivity (Wildman–Crippen MR) is 78.6 cm³/mol. The lowest BCUT2D eigenvalue weighted by atomic mass is 10.0. The molecule has 1 atom stereocenters. The molecular weight excluding hydrogens is 254 g/mol. The molecule has 1 aromatic carbocycles. The van der Waals surface area contributed by atoms with Crippen LogP contribution >= 0.6 is 0 Å². The van der Waals surface area contributed by atoms with Gasteiger partial charge in [0.05, 0.1) is 13.2 Å². The summed E-state index contributed by atoms with van der Waals surface area (Å²) >= 11 is 0. The third-order valence-corrected chi connectivity index (χ3v) is 2.74. The SMILES string of the molecule is COCC(C)NC(=O)c1ccc(C#CCCO)c(C)c1. The molecule has 1 amide bonds. The summed E-state index contributed by atoms with van der Waals surface area (Å²) in [5, 5.41) is 11.6. The van der Waals surface area contributed by atoms with Crippen LogP contribution in [0, 0.1) is 18.8 Å². The Morgan fingerprint density at radius 3 is 2.85 bits per heavy atom. The number of methoxy groups -OCH3 is 1. The Bertz CT molecular complexity index is 514. The van der Waals surface area contributed by atoms with Crippen LogP contribution in [0.15, 0.2) is 18.2 Å². The minimum Gasteiger partial charge on any atom is -0.395 e. The van der Waals surface area contributed by atoms with Gasteiger partial charge in [0, 0.05) is 30.7 Å². The molecule has 0 heterocycles. The van der Waals surface area contributed by atoms with Gasteiger partial charge in [0.25, 0.3) is 5.91 Å². The van der Waals surface area contributed by atoms with Gasteiger partial charge in [0.15, 0.2) is 0 Å². The van der Waals surface area contributed by atoms with Crippen molar-refractivity contribution in [3.8, 4) is 11.8 Å². The number of rotatable bonds is 5. The Hall–Kier alpha value is -1.83. The van der Waals surface area contributed by atoms with Crippen LogP contribution in [0.2, 0.25) is 0 Å². The lowest BCUT2D eigenvalue weighted by Gasteiger charge is -2.13. The normalized spacial score (nSPS) is 11.4. The highest BCUT2D eigenvalue weighted by Gasteiger charge is 2.10. The van der Waals surface area contributed by atoms with Gasteiger partial charge < -0.3 is 15.2 Å². The third kappa shape index (κ3) is 5.04. The molecule has 20 heavy (non-hydrogen) atoms. The van der Waals surface area contributed by atoms with E-state index in [1.807, 2.05) is 26.0 Å². The van der Waals surface area contributed by atoms with E-state index >= 15 is 0 Å². The van der Waals surface area contributed by atoms with E-state index in [4.69, 9.17) is 9.84 Å². The van der Waals surface area contributed by atoms with Gasteiger partial charge in [-0.25, -0.2) is 0 Å². The Kier molecular flexibility index (Phi) is 6.78. The second kappa shape index (κ2) is 8.36. The Labute approximate surface area is 120 Å². The second-order valence-corrected chi connectivity index (χ2v) is 4.63. The Balaban J connectivity index is 2.77. The molecule has 0 saturated heterocycles. The fourth-order valence-electron chi connectivity index (χ4n) is 1.76. The molecule has 0 spiro atoms. The molecule has 0 aliphatic rings. The number of aliphatic hydroxyl groups is 1. The molecule has 2 N–H and O–H groups in total. The van der Waals surface area contributed by atoms with Crippen LogP contribution in [-0.2, 0) is 4.74 Å². The van der Waals surface area contributed by atoms with Crippen molar-refractivity contribution in [3.63, 3.8) is 0 Å². The van der Waals surface area contributed by atoms with Crippen molar-refractivity contribution in [2.75, 3.05) is 20.3 Å². The molecule has 1 unspecified atom stereocenters. The van der Waals surface area contributed by atoms with Crippen molar-refractivity contribution >= 4 is 5.91 Å². The van der Waals surface area contributed by atoms with Gasteiger partial charge in [-0.1, -0.05) is 11.8 Å². The molecule has 1 aromatic rings. The molecule has 0 fully saturated rings. The summed E-state index contributed by atoms with van der Waals surface area (Å²) in [5.74, 6) is 5.73. The molecule has 0 saturated carbocycles. The first-order valence-corrected chi connectivity index (χ1v) is 6.58. The van der Waals surface area contributed by atoms with E-state index in [1.54, 1.807) is 13.2 Å². The van der Waals surface area contributed by atoms with Gasteiger partial charge in [-0.2, -0.15) is 0 Å². The summed E-state index contributed by atoms with van der Waals surface area (Å²) in [4.78, 5) is 12.0. The zero-order valence-electron chi connectivity index (χ0n) is 12.2. The lowest BCUT2D eigenvalue weighted by molar-refractivity contribution is 0.0905. The first-order valence-electron chi connectivity index (χ1n) is 6.58. The Morgan fingerprint density at radius 2 is 2.25 bits per heavy atom. The fourth-order valence-corrected chi connectivity index (χ4v) is 1.76. The maximum atomic E-state index is 12.0. The van der Waals surface area contributed by atoms with Crippen molar-refractivity contribution in [1.29, 1.82) is 0 Å². The second-order valence-electron chi connectivity index (χ2n) is 4.63. The highest BCUT2D eigenvalue weighted by Crippen LogP contribution is 2.10. The van der Waals surface area contributed by atoms with Gasteiger partial charge in [0.2, 0.25) is 0 Å². The summed E-state index contributed by atoms with van der Waals surface area (Å²) in [6, 6.07) is 5.37. The first kappa shape index (κ1) is 16.2. The minimum atomic E-state index is -0.118. The quantitative estimate of drug-likeness (QED) is 0.801. The van der Waals surface area contributed by atoms with Crippen LogP contribution in [0.3, 0.4) is 0 Å². The lowest BCUT2D eigenvalue weighted by Crippen LogP contribution is -2.35. The Morgan fingerprint density at radius 1 is 1.50 bits per heavy atom. The van der Waals surface area contributed by atoms with Gasteiger partial charge in [0.1, 0.15) is 0 Å². The maximum Gasteiger partial charge on any atom is 0.251 e. The van der Waals surface area contributed by atoms with Gasteiger partial charge >= 0.3 is 0 Å². The number of ether oxygens (including phenoxy) is 1. The van der Waals surface area contributed by atoms with Gasteiger partial charge in [-0.05, 0) is 37.6 Å². The summed E-state index contributed by atoms with van der Waals surface area (Å²) in [5.41, 5.74) is 2.43. The number of hydrogen-bond acceptors (Lipinski definition) is 3. The van der Waals surface area contributed by atoms with Crippen LogP contribution in [0.5, 0.6) is 0 Å². The van der Waals surface area contributed by atoms with E-state index in [0.29, 0.717) is 18.6 Å². The van der Waals surface area contributed by atoms with Crippen LogP contribution in [0.1, 0.15) is 34.8 Å². The number of amides is 1. The summed E-state index contributed by atoms with van der Waals surface area (Å²) in [6.45, 7) is 4.35. The largest absolute Gasteiger partial charge is 0.395 e. The highest BCUT2D eigenvalue weighted by molar-refractivity contribution is 5.94. The van der Waals surface area contributed by atoms with Gasteiger partial charge in [-0.15, -0.1) is 0 Å². The third-order valence-electron chi connectivity index (χ3n) is 2.74. The predicted octanol–water partition coefficient (Wildman–Crippen LogP) is 1.49. The van der Waals surface area contributed by atoms with Crippen molar-refractivity contribution in [2.45, 2.75) is 26.3 Å². The van der Waals surface area contributed by atoms with E-state index in [-0.39, 0.29) is 18.6 Å². The molecule has 0 radical (unpaired) electrons. The smallest absolute Gasteiger partial charge is 0.251 e. The summed E-state index contributed by atoms with van der Waals surface area (Å²) in [6.07, 6.45) is 0.455. The van der Waals surface area contributed by atoms with Crippen LogP contribution in [-0.4, -0.2) is 37.4 Å². The van der Waals surface area contributed by atoms with Crippen LogP contribution in [0.25, 0.3) is 0 Å². The van der Waals surface area contributed by atoms with Crippen LogP contribution in [0.4, 0.5) is 0 Å². The van der Waals surface area contributed by atoms with Crippen LogP contribution < -0.4 is 5.32 Å². The maximum absolute atomic E-state index is 12.0. The van der Waals surface area contributed by atoms with Crippen molar-refractivity contribution in [1.82, 2.24) is 5.32 Å². The van der Waals surface area contributed by atoms with E-state index in [0.717, 1.165) is 11.1 Å². The first-order chi connectivity index (χ1) is 9.58. The highest BCUT2D eigenvalue weighted by atomic mass is 16.5. The number of benzene rings is 1. The van der Waals surface area contributed by atoms with E-state index < -0.39 is 0 Å². The molecule has 0 aliphatic heterocycles. The summed E-state index contributed by atoms with van der Waals surface area (Å²) < 4.78 is 4.98. The standard InChI is InChI=1S/C16H21NO3/c1-12-10-15(16(19)17-13(2)11-20-3)8-7-14(12)6-4-5-9-18/h7-8,10,13,18H,5,9,11H2,1-3H3,(H,17,19). The average molecular weight is 275 g/mol. The molecule has 0 aliphatic carbocycles. The zero-order valence-corrected chi connectivity index (χ0v) is 12.2. The molecule has 0 bridgehead atoms. The van der Waals surface area contributed by atoms with E-state index in [2.05, 4.69) is 17.2 Å². The molecule has 4 heteroatoms. The van der Waals surface area contributed by atoms with Gasteiger partial charge in [-0.3, -0.25) is 4.79 Å². The molecule has 1 rings (SSSR count). The fraction of sp³-hybridized carbons (Fsp3) is 0.438. The molecular formula is C16H21NO3. The number of aliphatic hydroxyl groups excluding tert-OH is 1. The van der Waals surface area contributed by atoms with E-state index in [1.165, 1.54) is 0 Å². The number of aryl methyl sites for hydroxylation is 1. The number of hydrogen-bond donors (Lipinski definition) is 2. The van der Waals surface area contributed by atoms with Crippen molar-refractivity contribution < 1.29 is 14.6 Å². The topological polar surface area (TPSA) is 58.6 Å². The van der Waals surface area contributed by atoms with E-state index in [9.17, 15) is 4.79 Å². The molecule has 108 valence electrons. The number of carbonyl (C=O) groups excluding carboxylic acids is 1. The molecule has 4 nitrogen and oxygen atoms in total. The summed E-state index contributed by atoms with van der Waals surface area (Å²) in [7, 11) is 1.60. The molecule has 0 aromatic heterocycles. The number of carbonyl (C=O) groups is 1. The average Bonchev–Trinajstić information content (AvgIpc) is 2.41. The minimum absolute atomic E-state index is 0.0307. The van der Waals surface area contributed by atoms with Crippen molar-refractivity contribution in [2.24, 2.45) is 0 Å². The van der Waals surface area contributed by atoms with Crippen molar-refractivity contribution in [3.05, 3.63) is 34.9 Å². The zero-order chi connectivity index (χ0) is 15.0. The number of nitrogens with one attached hydrogen (secondary N) is 1.